The lowest BCUT2D eigenvalue weighted by Gasteiger charge is -2.28. The molecule has 2 N–H and O–H groups in total. The molecule has 1 aromatic heterocycles. The van der Waals surface area contributed by atoms with Crippen LogP contribution in [0.1, 0.15) is 42.4 Å². The molecule has 2 aliphatic carbocycles. The molecule has 0 radical (unpaired) electrons. The molecule has 5 heteroatoms. The minimum Gasteiger partial charge on any atom is -0.352 e. The Hall–Kier alpha value is -2.43. The predicted molar refractivity (Wildman–Crippen MR) is 101 cm³/mol. The van der Waals surface area contributed by atoms with Gasteiger partial charge in [0.1, 0.15) is 5.82 Å². The molecule has 1 heterocycles. The number of fused-ring (bicyclic) bond motifs is 2. The van der Waals surface area contributed by atoms with E-state index in [0.29, 0.717) is 18.4 Å². The number of rotatable bonds is 7. The van der Waals surface area contributed by atoms with Gasteiger partial charge >= 0.3 is 0 Å². The largest absolute Gasteiger partial charge is 0.352 e. The minimum atomic E-state index is 0.00599. The zero-order chi connectivity index (χ0) is 17.9. The molecule has 4 rings (SSSR count). The Balaban J connectivity index is 1.46. The van der Waals surface area contributed by atoms with Gasteiger partial charge in [-0.05, 0) is 43.1 Å². The number of carbonyl (C=O) groups excluding carboxylic acids is 1. The van der Waals surface area contributed by atoms with E-state index in [-0.39, 0.29) is 17.7 Å². The van der Waals surface area contributed by atoms with Crippen LogP contribution >= 0.6 is 0 Å². The topological polar surface area (TPSA) is 70.7 Å². The van der Waals surface area contributed by atoms with Crippen LogP contribution < -0.4 is 5.32 Å². The van der Waals surface area contributed by atoms with Crippen molar-refractivity contribution in [2.45, 2.75) is 38.0 Å². The smallest absolute Gasteiger partial charge is 0.224 e. The number of aromatic nitrogens is 3. The Morgan fingerprint density at radius 2 is 2.04 bits per heavy atom. The van der Waals surface area contributed by atoms with E-state index in [1.165, 1.54) is 12.0 Å². The van der Waals surface area contributed by atoms with Crippen LogP contribution in [0.25, 0.3) is 0 Å². The lowest BCUT2D eigenvalue weighted by Crippen LogP contribution is -2.37. The molecule has 136 valence electrons. The first-order valence-electron chi connectivity index (χ1n) is 9.60. The van der Waals surface area contributed by atoms with Crippen molar-refractivity contribution in [3.8, 4) is 0 Å². The monoisotopic (exact) mass is 350 g/mol. The molecule has 1 aromatic carbocycles. The van der Waals surface area contributed by atoms with Gasteiger partial charge in [0.2, 0.25) is 5.91 Å². The summed E-state index contributed by atoms with van der Waals surface area (Å²) in [6.45, 7) is 4.21. The van der Waals surface area contributed by atoms with Crippen molar-refractivity contribution in [2.24, 2.45) is 17.8 Å². The van der Waals surface area contributed by atoms with Crippen molar-refractivity contribution in [2.75, 3.05) is 6.54 Å². The second-order valence-electron chi connectivity index (χ2n) is 7.54. The maximum Gasteiger partial charge on any atom is 0.224 e. The molecule has 0 saturated heterocycles. The van der Waals surface area contributed by atoms with Gasteiger partial charge in [0.05, 0.1) is 5.92 Å². The van der Waals surface area contributed by atoms with E-state index in [0.717, 1.165) is 37.3 Å². The molecule has 0 unspecified atom stereocenters. The van der Waals surface area contributed by atoms with Crippen molar-refractivity contribution in [3.63, 3.8) is 0 Å². The Bertz CT molecular complexity index is 769. The number of hydrogen-bond donors (Lipinski definition) is 2. The fourth-order valence-corrected chi connectivity index (χ4v) is 4.81. The molecular weight excluding hydrogens is 324 g/mol. The molecule has 2 saturated carbocycles. The maximum absolute atomic E-state index is 12.7. The Kier molecular flexibility index (Phi) is 4.87. The van der Waals surface area contributed by atoms with Gasteiger partial charge in [-0.2, -0.15) is 5.10 Å². The molecule has 1 amide bonds. The normalized spacial score (nSPS) is 26.8. The van der Waals surface area contributed by atoms with E-state index in [4.69, 9.17) is 4.98 Å². The van der Waals surface area contributed by atoms with Crippen LogP contribution in [0.5, 0.6) is 0 Å². The highest BCUT2D eigenvalue weighted by Gasteiger charge is 2.52. The Labute approximate surface area is 154 Å². The third-order valence-corrected chi connectivity index (χ3v) is 5.98. The predicted octanol–water partition coefficient (Wildman–Crippen LogP) is 3.02. The lowest BCUT2D eigenvalue weighted by molar-refractivity contribution is -0.127. The number of nitrogens with zero attached hydrogens (tertiary/aromatic N) is 2. The van der Waals surface area contributed by atoms with Crippen LogP contribution in [0.2, 0.25) is 0 Å². The second kappa shape index (κ2) is 7.44. The summed E-state index contributed by atoms with van der Waals surface area (Å²) in [4.78, 5) is 17.4. The summed E-state index contributed by atoms with van der Waals surface area (Å²) >= 11 is 0. The third-order valence-electron chi connectivity index (χ3n) is 5.98. The van der Waals surface area contributed by atoms with Crippen LogP contribution in [-0.2, 0) is 17.6 Å². The molecule has 26 heavy (non-hydrogen) atoms. The molecule has 4 atom stereocenters. The van der Waals surface area contributed by atoms with E-state index in [9.17, 15) is 4.79 Å². The Morgan fingerprint density at radius 1 is 1.23 bits per heavy atom. The fourth-order valence-electron chi connectivity index (χ4n) is 4.81. The lowest BCUT2D eigenvalue weighted by atomic mass is 9.78. The summed E-state index contributed by atoms with van der Waals surface area (Å²) in [7, 11) is 0. The van der Waals surface area contributed by atoms with Gasteiger partial charge in [0.15, 0.2) is 5.82 Å². The quantitative estimate of drug-likeness (QED) is 0.754. The van der Waals surface area contributed by atoms with Gasteiger partial charge in [-0.25, -0.2) is 4.98 Å². The van der Waals surface area contributed by atoms with Gasteiger partial charge in [0, 0.05) is 18.9 Å². The molecule has 0 spiro atoms. The van der Waals surface area contributed by atoms with Crippen molar-refractivity contribution in [1.29, 1.82) is 0 Å². The molecule has 2 aliphatic rings. The number of nitrogens with one attached hydrogen (secondary N) is 2. The van der Waals surface area contributed by atoms with E-state index < -0.39 is 0 Å². The SMILES string of the molecule is C=CCNC(=O)[C@H]1[C@H]2CC[C@H](C2)[C@H]1c1n[nH]c(CCc2ccccc2)n1. The number of benzene rings is 1. The summed E-state index contributed by atoms with van der Waals surface area (Å²) in [5.74, 6) is 3.05. The summed E-state index contributed by atoms with van der Waals surface area (Å²) < 4.78 is 0. The first-order chi connectivity index (χ1) is 12.8. The standard InChI is InChI=1S/C21H26N4O/c1-2-12-22-21(26)19-16-10-9-15(13-16)18(19)20-23-17(24-25-20)11-8-14-6-4-3-5-7-14/h2-7,15-16,18-19H,1,8-13H2,(H,22,26)(H,23,24,25)/t15-,16+,18-,19+/m1/s1. The highest BCUT2D eigenvalue weighted by atomic mass is 16.1. The molecule has 2 bridgehead atoms. The zero-order valence-electron chi connectivity index (χ0n) is 15.0. The number of hydrogen-bond acceptors (Lipinski definition) is 3. The number of carbonyl (C=O) groups is 1. The van der Waals surface area contributed by atoms with Gasteiger partial charge in [-0.15, -0.1) is 6.58 Å². The maximum atomic E-state index is 12.7. The van der Waals surface area contributed by atoms with Crippen LogP contribution in [0.4, 0.5) is 0 Å². The number of amides is 1. The molecule has 2 fully saturated rings. The molecule has 5 nitrogen and oxygen atoms in total. The van der Waals surface area contributed by atoms with Gasteiger partial charge in [-0.1, -0.05) is 36.4 Å². The van der Waals surface area contributed by atoms with E-state index >= 15 is 0 Å². The van der Waals surface area contributed by atoms with Crippen molar-refractivity contribution in [1.82, 2.24) is 20.5 Å². The van der Waals surface area contributed by atoms with Crippen LogP contribution in [0.3, 0.4) is 0 Å². The summed E-state index contributed by atoms with van der Waals surface area (Å²) in [5.41, 5.74) is 1.30. The van der Waals surface area contributed by atoms with E-state index in [2.05, 4.69) is 46.4 Å². The molecule has 2 aromatic rings. The van der Waals surface area contributed by atoms with Crippen LogP contribution in [0.15, 0.2) is 43.0 Å². The van der Waals surface area contributed by atoms with Crippen LogP contribution in [0, 0.1) is 17.8 Å². The average molecular weight is 350 g/mol. The second-order valence-corrected chi connectivity index (χ2v) is 7.54. The van der Waals surface area contributed by atoms with Gasteiger partial charge in [0.25, 0.3) is 0 Å². The minimum absolute atomic E-state index is 0.00599. The first kappa shape index (κ1) is 17.0. The average Bonchev–Trinajstić information content (AvgIpc) is 3.40. The highest BCUT2D eigenvalue weighted by Crippen LogP contribution is 2.56. The number of aryl methyl sites for hydroxylation is 2. The van der Waals surface area contributed by atoms with E-state index in [1.54, 1.807) is 6.08 Å². The van der Waals surface area contributed by atoms with Crippen molar-refractivity contribution >= 4 is 5.91 Å². The highest BCUT2D eigenvalue weighted by molar-refractivity contribution is 5.80. The fraction of sp³-hybridized carbons (Fsp3) is 0.476. The number of H-pyrrole nitrogens is 1. The first-order valence-corrected chi connectivity index (χ1v) is 9.60. The van der Waals surface area contributed by atoms with Crippen molar-refractivity contribution < 1.29 is 4.79 Å². The summed E-state index contributed by atoms with van der Waals surface area (Å²) in [6, 6.07) is 10.4. The van der Waals surface area contributed by atoms with Gasteiger partial charge in [-0.3, -0.25) is 9.89 Å². The number of aromatic amines is 1. The Morgan fingerprint density at radius 3 is 2.85 bits per heavy atom. The summed E-state index contributed by atoms with van der Waals surface area (Å²) in [6.07, 6.45) is 6.98. The zero-order valence-corrected chi connectivity index (χ0v) is 15.0. The summed E-state index contributed by atoms with van der Waals surface area (Å²) in [5, 5.41) is 10.6. The molecule has 0 aliphatic heterocycles. The van der Waals surface area contributed by atoms with E-state index in [1.807, 2.05) is 6.07 Å². The van der Waals surface area contributed by atoms with Crippen LogP contribution in [-0.4, -0.2) is 27.6 Å². The van der Waals surface area contributed by atoms with Crippen molar-refractivity contribution in [3.05, 3.63) is 60.2 Å². The third kappa shape index (κ3) is 3.30. The van der Waals surface area contributed by atoms with Gasteiger partial charge < -0.3 is 5.32 Å². The molecular formula is C21H26N4O.